The smallest absolute Gasteiger partial charge is 0.261 e. The standard InChI is InChI=1S/C28H31BrN2O3/c1-20(2)16-18-34-26-14-13-22(29)19-24(26)28(33)31(3)25-12-8-7-11-23(25)27(32)30-17-15-21-9-5-4-6-10-21/h4-14,19-20H,15-18H2,1-3H3,(H,30,32). The number of amides is 2. The van der Waals surface area contributed by atoms with Crippen molar-refractivity contribution in [3.8, 4) is 5.75 Å². The summed E-state index contributed by atoms with van der Waals surface area (Å²) in [7, 11) is 1.68. The molecule has 0 bridgehead atoms. The molecule has 1 N–H and O–H groups in total. The van der Waals surface area contributed by atoms with Crippen LogP contribution in [0.3, 0.4) is 0 Å². The first-order valence-corrected chi connectivity index (χ1v) is 12.3. The fourth-order valence-electron chi connectivity index (χ4n) is 3.51. The van der Waals surface area contributed by atoms with Crippen LogP contribution >= 0.6 is 15.9 Å². The number of carbonyl (C=O) groups excluding carboxylic acids is 2. The number of ether oxygens (including phenoxy) is 1. The second-order valence-corrected chi connectivity index (χ2v) is 9.46. The molecule has 0 atom stereocenters. The molecule has 0 aliphatic carbocycles. The van der Waals surface area contributed by atoms with Crippen molar-refractivity contribution in [2.45, 2.75) is 26.7 Å². The Morgan fingerprint density at radius 3 is 2.41 bits per heavy atom. The molecule has 0 heterocycles. The third kappa shape index (κ3) is 6.94. The maximum Gasteiger partial charge on any atom is 0.261 e. The summed E-state index contributed by atoms with van der Waals surface area (Å²) < 4.78 is 6.72. The molecule has 0 aliphatic heterocycles. The third-order valence-corrected chi connectivity index (χ3v) is 5.97. The SMILES string of the molecule is CC(C)CCOc1ccc(Br)cc1C(=O)N(C)c1ccccc1C(=O)NCCc1ccccc1. The third-order valence-electron chi connectivity index (χ3n) is 5.48. The Balaban J connectivity index is 1.76. The molecule has 3 aromatic carbocycles. The molecule has 3 aromatic rings. The Hall–Kier alpha value is -3.12. The molecule has 0 spiro atoms. The molecule has 0 aromatic heterocycles. The van der Waals surface area contributed by atoms with Crippen molar-refractivity contribution in [2.75, 3.05) is 25.1 Å². The number of para-hydroxylation sites is 1. The number of anilines is 1. The lowest BCUT2D eigenvalue weighted by atomic mass is 10.1. The highest BCUT2D eigenvalue weighted by atomic mass is 79.9. The highest BCUT2D eigenvalue weighted by molar-refractivity contribution is 9.10. The molecule has 0 saturated carbocycles. The minimum absolute atomic E-state index is 0.214. The monoisotopic (exact) mass is 522 g/mol. The van der Waals surface area contributed by atoms with Crippen LogP contribution in [0.2, 0.25) is 0 Å². The van der Waals surface area contributed by atoms with Crippen LogP contribution in [-0.2, 0) is 6.42 Å². The summed E-state index contributed by atoms with van der Waals surface area (Å²) in [6.07, 6.45) is 1.63. The summed E-state index contributed by atoms with van der Waals surface area (Å²) in [5.74, 6) is 0.578. The van der Waals surface area contributed by atoms with E-state index in [4.69, 9.17) is 4.74 Å². The van der Waals surface area contributed by atoms with E-state index in [0.717, 1.165) is 22.9 Å². The molecule has 0 aliphatic rings. The lowest BCUT2D eigenvalue weighted by molar-refractivity contribution is 0.0954. The number of rotatable bonds is 10. The van der Waals surface area contributed by atoms with Gasteiger partial charge in [-0.15, -0.1) is 0 Å². The van der Waals surface area contributed by atoms with Crippen LogP contribution < -0.4 is 15.0 Å². The van der Waals surface area contributed by atoms with Crippen molar-refractivity contribution in [3.05, 3.63) is 94.0 Å². The van der Waals surface area contributed by atoms with E-state index in [-0.39, 0.29) is 11.8 Å². The molecule has 2 amide bonds. The number of benzene rings is 3. The minimum Gasteiger partial charge on any atom is -0.493 e. The molecular weight excluding hydrogens is 492 g/mol. The zero-order chi connectivity index (χ0) is 24.5. The average Bonchev–Trinajstić information content (AvgIpc) is 2.84. The van der Waals surface area contributed by atoms with Crippen LogP contribution in [0.25, 0.3) is 0 Å². The van der Waals surface area contributed by atoms with Crippen molar-refractivity contribution >= 4 is 33.4 Å². The second kappa shape index (κ2) is 12.4. The molecule has 6 heteroatoms. The first-order valence-electron chi connectivity index (χ1n) is 11.5. The Morgan fingerprint density at radius 2 is 1.68 bits per heavy atom. The van der Waals surface area contributed by atoms with Gasteiger partial charge in [0.1, 0.15) is 5.75 Å². The quantitative estimate of drug-likeness (QED) is 0.348. The first kappa shape index (κ1) is 25.5. The Morgan fingerprint density at radius 1 is 0.971 bits per heavy atom. The fourth-order valence-corrected chi connectivity index (χ4v) is 3.87. The van der Waals surface area contributed by atoms with Crippen LogP contribution in [0.4, 0.5) is 5.69 Å². The number of hydrogen-bond acceptors (Lipinski definition) is 3. The molecule has 5 nitrogen and oxygen atoms in total. The maximum atomic E-state index is 13.5. The molecule has 0 saturated heterocycles. The number of carbonyl (C=O) groups is 2. The molecule has 0 radical (unpaired) electrons. The lowest BCUT2D eigenvalue weighted by Gasteiger charge is -2.22. The van der Waals surface area contributed by atoms with Gasteiger partial charge in [-0.1, -0.05) is 72.2 Å². The summed E-state index contributed by atoms with van der Waals surface area (Å²) in [6, 6.07) is 22.5. The van der Waals surface area contributed by atoms with E-state index >= 15 is 0 Å². The number of nitrogens with zero attached hydrogens (tertiary/aromatic N) is 1. The Kier molecular flexibility index (Phi) is 9.28. The normalized spacial score (nSPS) is 10.7. The predicted octanol–water partition coefficient (Wildman–Crippen LogP) is 6.12. The number of hydrogen-bond donors (Lipinski definition) is 1. The molecule has 0 fully saturated rings. The largest absolute Gasteiger partial charge is 0.493 e. The Labute approximate surface area is 210 Å². The van der Waals surface area contributed by atoms with Crippen molar-refractivity contribution in [1.29, 1.82) is 0 Å². The van der Waals surface area contributed by atoms with E-state index in [1.54, 1.807) is 37.4 Å². The summed E-state index contributed by atoms with van der Waals surface area (Å²) in [6.45, 7) is 5.30. The van der Waals surface area contributed by atoms with Gasteiger partial charge in [-0.2, -0.15) is 0 Å². The van der Waals surface area contributed by atoms with Gasteiger partial charge in [0.2, 0.25) is 0 Å². The van der Waals surface area contributed by atoms with Gasteiger partial charge in [-0.05, 0) is 54.7 Å². The summed E-state index contributed by atoms with van der Waals surface area (Å²) in [5.41, 5.74) is 2.59. The number of halogens is 1. The van der Waals surface area contributed by atoms with Gasteiger partial charge in [0.25, 0.3) is 11.8 Å². The van der Waals surface area contributed by atoms with E-state index < -0.39 is 0 Å². The molecular formula is C28H31BrN2O3. The van der Waals surface area contributed by atoms with Crippen LogP contribution in [0.15, 0.2) is 77.3 Å². The van der Waals surface area contributed by atoms with Crippen molar-refractivity contribution in [3.63, 3.8) is 0 Å². The number of nitrogens with one attached hydrogen (secondary N) is 1. The van der Waals surface area contributed by atoms with E-state index in [2.05, 4.69) is 35.1 Å². The maximum absolute atomic E-state index is 13.5. The zero-order valence-corrected chi connectivity index (χ0v) is 21.5. The van der Waals surface area contributed by atoms with Gasteiger partial charge in [0.05, 0.1) is 23.4 Å². The van der Waals surface area contributed by atoms with Crippen LogP contribution in [-0.4, -0.2) is 32.0 Å². The molecule has 3 rings (SSSR count). The van der Waals surface area contributed by atoms with Crippen LogP contribution in [0, 0.1) is 5.92 Å². The highest BCUT2D eigenvalue weighted by Gasteiger charge is 2.22. The van der Waals surface area contributed by atoms with Gasteiger partial charge < -0.3 is 15.0 Å². The van der Waals surface area contributed by atoms with Gasteiger partial charge in [0.15, 0.2) is 0 Å². The summed E-state index contributed by atoms with van der Waals surface area (Å²) in [4.78, 5) is 27.9. The fraction of sp³-hybridized carbons (Fsp3) is 0.286. The molecule has 0 unspecified atom stereocenters. The van der Waals surface area contributed by atoms with Gasteiger partial charge >= 0.3 is 0 Å². The first-order chi connectivity index (χ1) is 16.4. The van der Waals surface area contributed by atoms with Crippen molar-refractivity contribution in [2.24, 2.45) is 5.92 Å². The van der Waals surface area contributed by atoms with Crippen molar-refractivity contribution < 1.29 is 14.3 Å². The van der Waals surface area contributed by atoms with Gasteiger partial charge in [-0.25, -0.2) is 0 Å². The zero-order valence-electron chi connectivity index (χ0n) is 19.9. The summed E-state index contributed by atoms with van der Waals surface area (Å²) >= 11 is 3.46. The molecule has 34 heavy (non-hydrogen) atoms. The van der Waals surface area contributed by atoms with E-state index in [1.807, 2.05) is 42.5 Å². The van der Waals surface area contributed by atoms with E-state index in [1.165, 1.54) is 4.90 Å². The van der Waals surface area contributed by atoms with Crippen LogP contribution in [0.5, 0.6) is 5.75 Å². The van der Waals surface area contributed by atoms with Crippen molar-refractivity contribution in [1.82, 2.24) is 5.32 Å². The highest BCUT2D eigenvalue weighted by Crippen LogP contribution is 2.28. The summed E-state index contributed by atoms with van der Waals surface area (Å²) in [5, 5.41) is 2.97. The molecule has 178 valence electrons. The average molecular weight is 523 g/mol. The van der Waals surface area contributed by atoms with Gasteiger partial charge in [-0.3, -0.25) is 9.59 Å². The van der Waals surface area contributed by atoms with Crippen LogP contribution in [0.1, 0.15) is 46.5 Å². The second-order valence-electron chi connectivity index (χ2n) is 8.54. The lowest BCUT2D eigenvalue weighted by Crippen LogP contribution is -2.31. The predicted molar refractivity (Wildman–Crippen MR) is 141 cm³/mol. The minimum atomic E-state index is -0.245. The van der Waals surface area contributed by atoms with Gasteiger partial charge in [0, 0.05) is 18.1 Å². The topological polar surface area (TPSA) is 58.6 Å². The van der Waals surface area contributed by atoms with E-state index in [0.29, 0.717) is 41.6 Å². The Bertz CT molecular complexity index is 1120. The van der Waals surface area contributed by atoms with E-state index in [9.17, 15) is 9.59 Å².